The third-order valence-electron chi connectivity index (χ3n) is 4.32. The van der Waals surface area contributed by atoms with Gasteiger partial charge < -0.3 is 10.4 Å². The fourth-order valence-corrected chi connectivity index (χ4v) is 2.69. The van der Waals surface area contributed by atoms with Crippen molar-refractivity contribution in [2.24, 2.45) is 5.41 Å². The Bertz CT molecular complexity index is 681. The molecule has 1 heterocycles. The molecule has 3 nitrogen and oxygen atoms in total. The molecule has 3 rings (SSSR count). The number of rotatable bonds is 5. The summed E-state index contributed by atoms with van der Waals surface area (Å²) in [6, 6.07) is 5.38. The number of hydrogen-bond donors (Lipinski definition) is 2. The highest BCUT2D eigenvalue weighted by Gasteiger charge is 2.41. The highest BCUT2D eigenvalue weighted by atomic mass is 19.4. The lowest BCUT2D eigenvalue weighted by Gasteiger charge is -2.17. The minimum Gasteiger partial charge on any atom is -0.396 e. The topological polar surface area (TPSA) is 45.1 Å². The van der Waals surface area contributed by atoms with Crippen LogP contribution in [0.3, 0.4) is 0 Å². The van der Waals surface area contributed by atoms with E-state index in [1.165, 1.54) is 12.3 Å². The Morgan fingerprint density at radius 3 is 2.64 bits per heavy atom. The molecule has 1 aliphatic rings. The third kappa shape index (κ3) is 3.02. The Balaban J connectivity index is 1.84. The van der Waals surface area contributed by atoms with E-state index in [0.29, 0.717) is 17.4 Å². The molecule has 1 aromatic heterocycles. The molecule has 22 heavy (non-hydrogen) atoms. The lowest BCUT2D eigenvalue weighted by atomic mass is 10.0. The Morgan fingerprint density at radius 2 is 2.00 bits per heavy atom. The van der Waals surface area contributed by atoms with E-state index >= 15 is 0 Å². The number of anilines is 1. The fraction of sp³-hybridized carbons (Fsp3) is 0.438. The van der Waals surface area contributed by atoms with Crippen molar-refractivity contribution in [2.75, 3.05) is 18.5 Å². The van der Waals surface area contributed by atoms with Gasteiger partial charge in [-0.3, -0.25) is 4.98 Å². The molecule has 0 amide bonds. The molecule has 0 bridgehead atoms. The molecule has 0 unspecified atom stereocenters. The van der Waals surface area contributed by atoms with Gasteiger partial charge in [0.2, 0.25) is 0 Å². The monoisotopic (exact) mass is 310 g/mol. The van der Waals surface area contributed by atoms with E-state index in [0.717, 1.165) is 37.1 Å². The minimum absolute atomic E-state index is 0.135. The number of alkyl halides is 3. The van der Waals surface area contributed by atoms with Crippen LogP contribution in [0.4, 0.5) is 18.9 Å². The number of halogens is 3. The molecule has 0 spiro atoms. The standard InChI is InChI=1S/C16H17F3N2O/c17-16(18,19)11-1-2-12-13(3-7-20-14(12)9-11)21-10-15(4-5-15)6-8-22/h1-3,7,9,22H,4-6,8,10H2,(H,20,21). The van der Waals surface area contributed by atoms with Gasteiger partial charge in [0.1, 0.15) is 0 Å². The summed E-state index contributed by atoms with van der Waals surface area (Å²) >= 11 is 0. The van der Waals surface area contributed by atoms with Crippen molar-refractivity contribution in [3.8, 4) is 0 Å². The fourth-order valence-electron chi connectivity index (χ4n) is 2.69. The molecule has 1 aliphatic carbocycles. The normalized spacial score (nSPS) is 16.7. The number of aromatic nitrogens is 1. The first-order valence-electron chi connectivity index (χ1n) is 7.24. The quantitative estimate of drug-likeness (QED) is 0.882. The van der Waals surface area contributed by atoms with Gasteiger partial charge in [-0.25, -0.2) is 0 Å². The van der Waals surface area contributed by atoms with Crippen molar-refractivity contribution in [1.82, 2.24) is 4.98 Å². The number of nitrogens with zero attached hydrogens (tertiary/aromatic N) is 1. The van der Waals surface area contributed by atoms with Crippen LogP contribution in [0.15, 0.2) is 30.5 Å². The zero-order valence-electron chi connectivity index (χ0n) is 12.0. The van der Waals surface area contributed by atoms with Gasteiger partial charge in [0, 0.05) is 30.4 Å². The third-order valence-corrected chi connectivity index (χ3v) is 4.32. The highest BCUT2D eigenvalue weighted by Crippen LogP contribution is 2.48. The molecule has 1 fully saturated rings. The number of benzene rings is 1. The summed E-state index contributed by atoms with van der Waals surface area (Å²) in [5.74, 6) is 0. The number of hydrogen-bond acceptors (Lipinski definition) is 3. The second-order valence-electron chi connectivity index (χ2n) is 5.92. The van der Waals surface area contributed by atoms with Gasteiger partial charge in [0.25, 0.3) is 0 Å². The van der Waals surface area contributed by atoms with Gasteiger partial charge >= 0.3 is 6.18 Å². The van der Waals surface area contributed by atoms with Crippen LogP contribution in [-0.4, -0.2) is 23.2 Å². The smallest absolute Gasteiger partial charge is 0.396 e. The number of pyridine rings is 1. The molecule has 6 heteroatoms. The van der Waals surface area contributed by atoms with Crippen LogP contribution in [-0.2, 0) is 6.18 Å². The predicted molar refractivity (Wildman–Crippen MR) is 78.6 cm³/mol. The van der Waals surface area contributed by atoms with Crippen molar-refractivity contribution < 1.29 is 18.3 Å². The van der Waals surface area contributed by atoms with E-state index in [1.54, 1.807) is 6.07 Å². The maximum absolute atomic E-state index is 12.7. The average Bonchev–Trinajstić information content (AvgIpc) is 3.24. The maximum Gasteiger partial charge on any atom is 0.416 e. The summed E-state index contributed by atoms with van der Waals surface area (Å²) in [5, 5.41) is 13.1. The van der Waals surface area contributed by atoms with Crippen LogP contribution in [0.5, 0.6) is 0 Å². The van der Waals surface area contributed by atoms with E-state index in [2.05, 4.69) is 10.3 Å². The average molecular weight is 310 g/mol. The van der Waals surface area contributed by atoms with Crippen LogP contribution in [0, 0.1) is 5.41 Å². The summed E-state index contributed by atoms with van der Waals surface area (Å²) in [4.78, 5) is 4.03. The molecule has 0 saturated heterocycles. The highest BCUT2D eigenvalue weighted by molar-refractivity contribution is 5.91. The molecule has 1 saturated carbocycles. The number of nitrogens with one attached hydrogen (secondary N) is 1. The molecular weight excluding hydrogens is 293 g/mol. The first-order chi connectivity index (χ1) is 10.4. The van der Waals surface area contributed by atoms with Gasteiger partial charge in [-0.2, -0.15) is 13.2 Å². The Labute approximate surface area is 126 Å². The maximum atomic E-state index is 12.7. The molecule has 1 aromatic carbocycles. The van der Waals surface area contributed by atoms with Crippen molar-refractivity contribution >= 4 is 16.6 Å². The van der Waals surface area contributed by atoms with Gasteiger partial charge in [0.05, 0.1) is 11.1 Å². The zero-order chi connectivity index (χ0) is 15.8. The van der Waals surface area contributed by atoms with Crippen molar-refractivity contribution in [3.05, 3.63) is 36.0 Å². The Kier molecular flexibility index (Phi) is 3.72. The summed E-state index contributed by atoms with van der Waals surface area (Å²) in [7, 11) is 0. The summed E-state index contributed by atoms with van der Waals surface area (Å²) < 4.78 is 38.2. The molecule has 118 valence electrons. The second-order valence-corrected chi connectivity index (χ2v) is 5.92. The number of fused-ring (bicyclic) bond motifs is 1. The first kappa shape index (κ1) is 15.1. The van der Waals surface area contributed by atoms with Crippen molar-refractivity contribution in [1.29, 1.82) is 0 Å². The number of aliphatic hydroxyl groups is 1. The van der Waals surface area contributed by atoms with Gasteiger partial charge in [-0.15, -0.1) is 0 Å². The molecule has 2 N–H and O–H groups in total. The largest absolute Gasteiger partial charge is 0.416 e. The zero-order valence-corrected chi connectivity index (χ0v) is 12.0. The molecule has 2 aromatic rings. The molecule has 0 aliphatic heterocycles. The molecule has 0 atom stereocenters. The van der Waals surface area contributed by atoms with Gasteiger partial charge in [-0.05, 0) is 42.9 Å². The van der Waals surface area contributed by atoms with E-state index in [1.807, 2.05) is 0 Å². The van der Waals surface area contributed by atoms with Crippen molar-refractivity contribution in [2.45, 2.75) is 25.4 Å². The van der Waals surface area contributed by atoms with E-state index < -0.39 is 11.7 Å². The van der Waals surface area contributed by atoms with Crippen molar-refractivity contribution in [3.63, 3.8) is 0 Å². The minimum atomic E-state index is -4.36. The van der Waals surface area contributed by atoms with Crippen LogP contribution < -0.4 is 5.32 Å². The predicted octanol–water partition coefficient (Wildman–Crippen LogP) is 3.83. The Morgan fingerprint density at radius 1 is 1.23 bits per heavy atom. The lowest BCUT2D eigenvalue weighted by molar-refractivity contribution is -0.137. The van der Waals surface area contributed by atoms with Crippen LogP contribution >= 0.6 is 0 Å². The van der Waals surface area contributed by atoms with E-state index in [9.17, 15) is 13.2 Å². The first-order valence-corrected chi connectivity index (χ1v) is 7.24. The summed E-state index contributed by atoms with van der Waals surface area (Å²) in [5.41, 5.74) is 0.550. The lowest BCUT2D eigenvalue weighted by Crippen LogP contribution is -2.17. The second kappa shape index (κ2) is 5.43. The van der Waals surface area contributed by atoms with Gasteiger partial charge in [-0.1, -0.05) is 6.07 Å². The Hall–Kier alpha value is -1.82. The molecule has 0 radical (unpaired) electrons. The van der Waals surface area contributed by atoms with Crippen LogP contribution in [0.25, 0.3) is 10.9 Å². The summed E-state index contributed by atoms with van der Waals surface area (Å²) in [6.07, 6.45) is 0.0414. The van der Waals surface area contributed by atoms with Crippen LogP contribution in [0.2, 0.25) is 0 Å². The van der Waals surface area contributed by atoms with E-state index in [-0.39, 0.29) is 12.0 Å². The van der Waals surface area contributed by atoms with Gasteiger partial charge in [0.15, 0.2) is 0 Å². The summed E-state index contributed by atoms with van der Waals surface area (Å²) in [6.45, 7) is 0.876. The molecular formula is C16H17F3N2O. The van der Waals surface area contributed by atoms with Crippen LogP contribution in [0.1, 0.15) is 24.8 Å². The number of aliphatic hydroxyl groups excluding tert-OH is 1. The van der Waals surface area contributed by atoms with E-state index in [4.69, 9.17) is 5.11 Å². The SMILES string of the molecule is OCCC1(CNc2ccnc3cc(C(F)(F)F)ccc23)CC1.